The third kappa shape index (κ3) is 3.69. The number of carbonyl (C=O) groups is 1. The first-order valence-corrected chi connectivity index (χ1v) is 9.05. The number of aromatic nitrogens is 3. The number of likely N-dealkylation sites (tertiary alicyclic amines) is 1. The monoisotopic (exact) mass is 350 g/mol. The number of benzene rings is 1. The molecule has 0 unspecified atom stereocenters. The largest absolute Gasteiger partial charge is 0.443 e. The molecule has 1 amide bonds. The van der Waals surface area contributed by atoms with Gasteiger partial charge in [-0.15, -0.1) is 0 Å². The van der Waals surface area contributed by atoms with E-state index in [-0.39, 0.29) is 18.5 Å². The second-order valence-electron chi connectivity index (χ2n) is 6.63. The van der Waals surface area contributed by atoms with Gasteiger partial charge in [0.2, 0.25) is 11.8 Å². The Labute approximate surface area is 152 Å². The number of carbonyl (C=O) groups excluding carboxylic acids is 1. The molecule has 1 aromatic carbocycles. The van der Waals surface area contributed by atoms with Crippen molar-refractivity contribution in [3.63, 3.8) is 0 Å². The summed E-state index contributed by atoms with van der Waals surface area (Å²) in [5.74, 6) is 1.53. The molecular formula is C20H22N4O2. The van der Waals surface area contributed by atoms with Crippen LogP contribution in [0.15, 0.2) is 59.4 Å². The molecule has 0 N–H and O–H groups in total. The van der Waals surface area contributed by atoms with E-state index in [4.69, 9.17) is 4.42 Å². The van der Waals surface area contributed by atoms with Gasteiger partial charge < -0.3 is 9.32 Å². The lowest BCUT2D eigenvalue weighted by Crippen LogP contribution is -2.40. The van der Waals surface area contributed by atoms with Crippen molar-refractivity contribution in [1.29, 1.82) is 0 Å². The lowest BCUT2D eigenvalue weighted by molar-refractivity contribution is -0.136. The predicted octanol–water partition coefficient (Wildman–Crippen LogP) is 3.22. The molecule has 0 spiro atoms. The number of rotatable bonds is 5. The fourth-order valence-corrected chi connectivity index (χ4v) is 3.47. The highest BCUT2D eigenvalue weighted by Gasteiger charge is 2.31. The van der Waals surface area contributed by atoms with Crippen molar-refractivity contribution >= 4 is 5.91 Å². The fourth-order valence-electron chi connectivity index (χ4n) is 3.47. The summed E-state index contributed by atoms with van der Waals surface area (Å²) in [4.78, 5) is 19.1. The summed E-state index contributed by atoms with van der Waals surface area (Å²) in [6.45, 7) is 0.988. The van der Waals surface area contributed by atoms with Crippen molar-refractivity contribution in [2.75, 3.05) is 6.54 Å². The summed E-state index contributed by atoms with van der Waals surface area (Å²) in [5.41, 5.74) is 1.19. The summed E-state index contributed by atoms with van der Waals surface area (Å²) in [6.07, 6.45) is 8.96. The second-order valence-corrected chi connectivity index (χ2v) is 6.63. The molecule has 4 rings (SSSR count). The van der Waals surface area contributed by atoms with E-state index in [0.29, 0.717) is 12.3 Å². The smallest absolute Gasteiger partial charge is 0.244 e. The Hall–Kier alpha value is -2.89. The quantitative estimate of drug-likeness (QED) is 0.709. The molecule has 1 saturated heterocycles. The maximum atomic E-state index is 12.7. The molecule has 0 aliphatic carbocycles. The highest BCUT2D eigenvalue weighted by Crippen LogP contribution is 2.31. The van der Waals surface area contributed by atoms with Crippen LogP contribution in [0.2, 0.25) is 0 Å². The molecule has 1 aliphatic rings. The normalized spacial score (nSPS) is 17.4. The summed E-state index contributed by atoms with van der Waals surface area (Å²) >= 11 is 0. The zero-order valence-corrected chi connectivity index (χ0v) is 14.6. The van der Waals surface area contributed by atoms with Gasteiger partial charge in [-0.05, 0) is 30.9 Å². The molecule has 1 atom stereocenters. The van der Waals surface area contributed by atoms with Crippen molar-refractivity contribution in [3.05, 3.63) is 72.2 Å². The first-order chi connectivity index (χ1) is 12.8. The highest BCUT2D eigenvalue weighted by atomic mass is 16.4. The Morgan fingerprint density at radius 1 is 1.19 bits per heavy atom. The number of nitrogens with zero attached hydrogens (tertiary/aromatic N) is 4. The van der Waals surface area contributed by atoms with Crippen LogP contribution in [-0.4, -0.2) is 32.1 Å². The van der Waals surface area contributed by atoms with Crippen LogP contribution in [0.1, 0.15) is 42.5 Å². The van der Waals surface area contributed by atoms with Crippen LogP contribution in [0.5, 0.6) is 0 Å². The van der Waals surface area contributed by atoms with Crippen molar-refractivity contribution in [2.24, 2.45) is 0 Å². The van der Waals surface area contributed by atoms with Crippen LogP contribution in [0, 0.1) is 0 Å². The topological polar surface area (TPSA) is 64.2 Å². The lowest BCUT2D eigenvalue weighted by atomic mass is 10.0. The number of amides is 1. The Morgan fingerprint density at radius 3 is 2.88 bits per heavy atom. The number of hydrogen-bond acceptors (Lipinski definition) is 4. The van der Waals surface area contributed by atoms with Crippen LogP contribution < -0.4 is 0 Å². The molecule has 3 aromatic rings. The Morgan fingerprint density at radius 2 is 2.08 bits per heavy atom. The summed E-state index contributed by atoms with van der Waals surface area (Å²) in [7, 11) is 0. The number of hydrogen-bond donors (Lipinski definition) is 0. The maximum absolute atomic E-state index is 12.7. The van der Waals surface area contributed by atoms with E-state index in [1.807, 2.05) is 29.2 Å². The third-order valence-corrected chi connectivity index (χ3v) is 4.76. The van der Waals surface area contributed by atoms with Gasteiger partial charge in [0.1, 0.15) is 18.3 Å². The van der Waals surface area contributed by atoms with Crippen molar-refractivity contribution in [2.45, 2.75) is 38.3 Å². The minimum Gasteiger partial charge on any atom is -0.443 e. The van der Waals surface area contributed by atoms with Gasteiger partial charge in [0.15, 0.2) is 0 Å². The van der Waals surface area contributed by atoms with E-state index >= 15 is 0 Å². The first-order valence-electron chi connectivity index (χ1n) is 9.05. The minimum absolute atomic E-state index is 0.0567. The van der Waals surface area contributed by atoms with Crippen LogP contribution in [0.25, 0.3) is 0 Å². The van der Waals surface area contributed by atoms with Gasteiger partial charge in [-0.25, -0.2) is 4.98 Å². The first kappa shape index (κ1) is 16.6. The molecule has 1 fully saturated rings. The van der Waals surface area contributed by atoms with Gasteiger partial charge in [0.25, 0.3) is 0 Å². The molecule has 6 nitrogen and oxygen atoms in total. The maximum Gasteiger partial charge on any atom is 0.244 e. The lowest BCUT2D eigenvalue weighted by Gasteiger charge is -2.33. The molecule has 6 heteroatoms. The van der Waals surface area contributed by atoms with Gasteiger partial charge in [-0.3, -0.25) is 9.48 Å². The van der Waals surface area contributed by atoms with Crippen LogP contribution >= 0.6 is 0 Å². The Bertz CT molecular complexity index is 842. The third-order valence-electron chi connectivity index (χ3n) is 4.76. The van der Waals surface area contributed by atoms with E-state index < -0.39 is 0 Å². The van der Waals surface area contributed by atoms with Crippen LogP contribution in [-0.2, 0) is 17.8 Å². The molecule has 26 heavy (non-hydrogen) atoms. The SMILES string of the molecule is O=C(Cn1cccn1)N1CCCC[C@H]1c1ncc(Cc2ccccc2)o1. The summed E-state index contributed by atoms with van der Waals surface area (Å²) in [5, 5.41) is 4.13. The highest BCUT2D eigenvalue weighted by molar-refractivity contribution is 5.76. The van der Waals surface area contributed by atoms with E-state index in [1.165, 1.54) is 5.56 Å². The predicted molar refractivity (Wildman–Crippen MR) is 96.3 cm³/mol. The summed E-state index contributed by atoms with van der Waals surface area (Å²) in [6, 6.07) is 11.9. The van der Waals surface area contributed by atoms with Crippen LogP contribution in [0.3, 0.4) is 0 Å². The van der Waals surface area contributed by atoms with Crippen LogP contribution in [0.4, 0.5) is 0 Å². The molecule has 1 aliphatic heterocycles. The van der Waals surface area contributed by atoms with E-state index in [1.54, 1.807) is 23.3 Å². The Balaban J connectivity index is 1.48. The molecule has 0 bridgehead atoms. The number of oxazole rings is 1. The van der Waals surface area contributed by atoms with Crippen molar-refractivity contribution < 1.29 is 9.21 Å². The molecular weight excluding hydrogens is 328 g/mol. The van der Waals surface area contributed by atoms with Crippen molar-refractivity contribution in [1.82, 2.24) is 19.7 Å². The average molecular weight is 350 g/mol. The second kappa shape index (κ2) is 7.56. The fraction of sp³-hybridized carbons (Fsp3) is 0.350. The van der Waals surface area contributed by atoms with Gasteiger partial charge in [-0.2, -0.15) is 5.10 Å². The summed E-state index contributed by atoms with van der Waals surface area (Å²) < 4.78 is 7.67. The zero-order chi connectivity index (χ0) is 17.8. The molecule has 134 valence electrons. The van der Waals surface area contributed by atoms with Gasteiger partial charge in [0.05, 0.1) is 6.20 Å². The van der Waals surface area contributed by atoms with Crippen molar-refractivity contribution in [3.8, 4) is 0 Å². The van der Waals surface area contributed by atoms with E-state index in [9.17, 15) is 4.79 Å². The average Bonchev–Trinajstić information content (AvgIpc) is 3.35. The molecule has 2 aromatic heterocycles. The number of piperidine rings is 1. The zero-order valence-electron chi connectivity index (χ0n) is 14.6. The Kier molecular flexibility index (Phi) is 4.82. The van der Waals surface area contributed by atoms with E-state index in [2.05, 4.69) is 22.2 Å². The molecule has 3 heterocycles. The van der Waals surface area contributed by atoms with Gasteiger partial charge >= 0.3 is 0 Å². The molecule has 0 radical (unpaired) electrons. The van der Waals surface area contributed by atoms with E-state index in [0.717, 1.165) is 31.6 Å². The van der Waals surface area contributed by atoms with Gasteiger partial charge in [0, 0.05) is 25.4 Å². The minimum atomic E-state index is -0.0867. The molecule has 0 saturated carbocycles. The van der Waals surface area contributed by atoms with Gasteiger partial charge in [-0.1, -0.05) is 30.3 Å². The standard InChI is InChI=1S/C20H22N4O2/c25-19(15-23-11-6-10-22-23)24-12-5-4-9-18(24)20-21-14-17(26-20)13-16-7-2-1-3-8-16/h1-3,6-8,10-11,14,18H,4-5,9,12-13,15H2/t18-/m0/s1.